The fourth-order valence-corrected chi connectivity index (χ4v) is 3.43. The summed E-state index contributed by atoms with van der Waals surface area (Å²) in [5, 5.41) is 4.61. The van der Waals surface area contributed by atoms with Crippen LogP contribution in [-0.2, 0) is 29.1 Å². The molecule has 3 rings (SSSR count). The summed E-state index contributed by atoms with van der Waals surface area (Å²) in [6, 6.07) is 1.78. The van der Waals surface area contributed by atoms with Gasteiger partial charge in [0.05, 0.1) is 24.0 Å². The van der Waals surface area contributed by atoms with Gasteiger partial charge in [0, 0.05) is 52.1 Å². The number of primary amides is 1. The van der Waals surface area contributed by atoms with Crippen LogP contribution in [0.2, 0.25) is 0 Å². The lowest BCUT2D eigenvalue weighted by atomic mass is 10.1. The third-order valence-corrected chi connectivity index (χ3v) is 5.29. The van der Waals surface area contributed by atoms with Crippen molar-refractivity contribution in [2.24, 2.45) is 5.73 Å². The maximum absolute atomic E-state index is 12.4. The summed E-state index contributed by atoms with van der Waals surface area (Å²) in [7, 11) is 2.08. The summed E-state index contributed by atoms with van der Waals surface area (Å²) < 4.78 is 1.99. The van der Waals surface area contributed by atoms with Crippen molar-refractivity contribution < 1.29 is 9.59 Å². The third kappa shape index (κ3) is 4.19. The van der Waals surface area contributed by atoms with Gasteiger partial charge in [-0.15, -0.1) is 0 Å². The normalized spacial score (nSPS) is 20.3. The van der Waals surface area contributed by atoms with E-state index in [-0.39, 0.29) is 17.9 Å². The number of amides is 2. The van der Waals surface area contributed by atoms with Crippen LogP contribution in [0.1, 0.15) is 24.7 Å². The first kappa shape index (κ1) is 17.9. The molecule has 138 valence electrons. The zero-order valence-electron chi connectivity index (χ0n) is 15.1. The van der Waals surface area contributed by atoms with Crippen molar-refractivity contribution in [2.45, 2.75) is 38.9 Å². The van der Waals surface area contributed by atoms with Crippen molar-refractivity contribution in [1.82, 2.24) is 24.5 Å². The van der Waals surface area contributed by atoms with Gasteiger partial charge in [-0.3, -0.25) is 19.2 Å². The number of hydrogen-bond acceptors (Lipinski definition) is 5. The molecule has 1 aromatic rings. The van der Waals surface area contributed by atoms with Gasteiger partial charge < -0.3 is 15.5 Å². The van der Waals surface area contributed by atoms with E-state index in [2.05, 4.69) is 28.0 Å². The zero-order valence-corrected chi connectivity index (χ0v) is 15.1. The van der Waals surface area contributed by atoms with E-state index in [9.17, 15) is 9.59 Å². The molecule has 0 radical (unpaired) electrons. The molecule has 2 aliphatic rings. The first-order chi connectivity index (χ1) is 11.9. The molecule has 2 aliphatic heterocycles. The summed E-state index contributed by atoms with van der Waals surface area (Å²) >= 11 is 0. The van der Waals surface area contributed by atoms with Gasteiger partial charge in [0.1, 0.15) is 0 Å². The lowest BCUT2D eigenvalue weighted by molar-refractivity contribution is -0.132. The molecule has 1 fully saturated rings. The summed E-state index contributed by atoms with van der Waals surface area (Å²) in [4.78, 5) is 30.0. The van der Waals surface area contributed by atoms with Crippen LogP contribution < -0.4 is 5.73 Å². The Morgan fingerprint density at radius 3 is 2.60 bits per heavy atom. The minimum absolute atomic E-state index is 0.211. The lowest BCUT2D eigenvalue weighted by Crippen LogP contribution is -2.47. The monoisotopic (exact) mass is 348 g/mol. The van der Waals surface area contributed by atoms with Gasteiger partial charge >= 0.3 is 0 Å². The first-order valence-corrected chi connectivity index (χ1v) is 8.99. The lowest BCUT2D eigenvalue weighted by Gasteiger charge is -2.32. The number of nitrogens with two attached hydrogens (primary N) is 1. The molecular weight excluding hydrogens is 320 g/mol. The predicted octanol–water partition coefficient (Wildman–Crippen LogP) is -0.721. The number of nitrogens with zero attached hydrogens (tertiary/aromatic N) is 5. The molecule has 8 heteroatoms. The van der Waals surface area contributed by atoms with Crippen LogP contribution in [0.25, 0.3) is 0 Å². The van der Waals surface area contributed by atoms with E-state index in [1.165, 1.54) is 0 Å². The summed E-state index contributed by atoms with van der Waals surface area (Å²) in [5.41, 5.74) is 7.44. The minimum Gasteiger partial charge on any atom is -0.368 e. The van der Waals surface area contributed by atoms with Crippen LogP contribution in [0.4, 0.5) is 0 Å². The van der Waals surface area contributed by atoms with E-state index in [0.717, 1.165) is 50.7 Å². The number of likely N-dealkylation sites (N-methyl/N-ethyl adjacent to an activating group) is 1. The van der Waals surface area contributed by atoms with Gasteiger partial charge in [-0.25, -0.2) is 0 Å². The zero-order chi connectivity index (χ0) is 18.0. The highest BCUT2D eigenvalue weighted by atomic mass is 16.2. The molecule has 0 aromatic carbocycles. The van der Waals surface area contributed by atoms with Crippen molar-refractivity contribution in [3.05, 3.63) is 17.5 Å². The summed E-state index contributed by atoms with van der Waals surface area (Å²) in [6.07, 6.45) is 1.16. The summed E-state index contributed by atoms with van der Waals surface area (Å²) in [5.74, 6) is -0.0889. The highest BCUT2D eigenvalue weighted by molar-refractivity contribution is 5.79. The van der Waals surface area contributed by atoms with Gasteiger partial charge in [-0.2, -0.15) is 5.10 Å². The van der Waals surface area contributed by atoms with Crippen LogP contribution >= 0.6 is 0 Å². The van der Waals surface area contributed by atoms with Gasteiger partial charge in [0.15, 0.2) is 0 Å². The number of hydrogen-bond donors (Lipinski definition) is 1. The Kier molecular flexibility index (Phi) is 5.39. The van der Waals surface area contributed by atoms with Crippen LogP contribution in [0.15, 0.2) is 6.07 Å². The highest BCUT2D eigenvalue weighted by Gasteiger charge is 2.25. The Hall–Kier alpha value is -1.93. The number of rotatable bonds is 5. The van der Waals surface area contributed by atoms with Crippen molar-refractivity contribution in [3.63, 3.8) is 0 Å². The standard InChI is InChI=1S/C17H28N6O2/c1-13(17(18)25)22-9-10-23-15(12-22)11-14(19-23)3-4-16(24)21-7-5-20(2)6-8-21/h11,13H,3-10,12H2,1-2H3,(H2,18,25)/t13-/m0/s1. The smallest absolute Gasteiger partial charge is 0.234 e. The van der Waals surface area contributed by atoms with E-state index >= 15 is 0 Å². The maximum atomic E-state index is 12.4. The van der Waals surface area contributed by atoms with E-state index in [1.54, 1.807) is 0 Å². The molecule has 8 nitrogen and oxygen atoms in total. The molecule has 1 saturated heterocycles. The number of aryl methyl sites for hydroxylation is 1. The molecule has 3 heterocycles. The van der Waals surface area contributed by atoms with E-state index < -0.39 is 0 Å². The number of piperazine rings is 1. The molecule has 1 atom stereocenters. The quantitative estimate of drug-likeness (QED) is 0.759. The molecule has 0 saturated carbocycles. The molecule has 2 amide bonds. The van der Waals surface area contributed by atoms with Crippen molar-refractivity contribution in [1.29, 1.82) is 0 Å². The third-order valence-electron chi connectivity index (χ3n) is 5.29. The number of carbonyl (C=O) groups is 2. The second kappa shape index (κ2) is 7.53. The van der Waals surface area contributed by atoms with Gasteiger partial charge in [-0.1, -0.05) is 0 Å². The van der Waals surface area contributed by atoms with Gasteiger partial charge in [0.2, 0.25) is 11.8 Å². The summed E-state index contributed by atoms with van der Waals surface area (Å²) in [6.45, 7) is 7.53. The van der Waals surface area contributed by atoms with Crippen molar-refractivity contribution >= 4 is 11.8 Å². The van der Waals surface area contributed by atoms with Crippen molar-refractivity contribution in [3.8, 4) is 0 Å². The van der Waals surface area contributed by atoms with E-state index in [4.69, 9.17) is 5.73 Å². The van der Waals surface area contributed by atoms with E-state index in [1.807, 2.05) is 16.5 Å². The minimum atomic E-state index is -0.300. The fraction of sp³-hybridized carbons (Fsp3) is 0.706. The second-order valence-corrected chi connectivity index (χ2v) is 7.08. The molecule has 0 unspecified atom stereocenters. The Bertz CT molecular complexity index is 635. The highest BCUT2D eigenvalue weighted by Crippen LogP contribution is 2.17. The number of fused-ring (bicyclic) bond motifs is 1. The average molecular weight is 348 g/mol. The Morgan fingerprint density at radius 1 is 1.20 bits per heavy atom. The average Bonchev–Trinajstić information content (AvgIpc) is 3.01. The molecular formula is C17H28N6O2. The Morgan fingerprint density at radius 2 is 1.92 bits per heavy atom. The molecule has 0 bridgehead atoms. The number of aromatic nitrogens is 2. The van der Waals surface area contributed by atoms with Crippen molar-refractivity contribution in [2.75, 3.05) is 39.8 Å². The van der Waals surface area contributed by atoms with Crippen LogP contribution in [-0.4, -0.2) is 82.1 Å². The Labute approximate surface area is 148 Å². The molecule has 0 aliphatic carbocycles. The first-order valence-electron chi connectivity index (χ1n) is 8.99. The van der Waals surface area contributed by atoms with Crippen LogP contribution in [0, 0.1) is 0 Å². The second-order valence-electron chi connectivity index (χ2n) is 7.08. The van der Waals surface area contributed by atoms with Gasteiger partial charge in [-0.05, 0) is 20.0 Å². The van der Waals surface area contributed by atoms with E-state index in [0.29, 0.717) is 19.4 Å². The predicted molar refractivity (Wildman–Crippen MR) is 93.7 cm³/mol. The SMILES string of the molecule is C[C@@H](C(N)=O)N1CCn2nc(CCC(=O)N3CCN(C)CC3)cc2C1. The fourth-order valence-electron chi connectivity index (χ4n) is 3.43. The van der Waals surface area contributed by atoms with Gasteiger partial charge in [0.25, 0.3) is 0 Å². The number of carbonyl (C=O) groups excluding carboxylic acids is 2. The topological polar surface area (TPSA) is 87.7 Å². The molecule has 1 aromatic heterocycles. The molecule has 0 spiro atoms. The van der Waals surface area contributed by atoms with Crippen LogP contribution in [0.3, 0.4) is 0 Å². The maximum Gasteiger partial charge on any atom is 0.234 e. The Balaban J connectivity index is 1.54. The molecule has 2 N–H and O–H groups in total. The largest absolute Gasteiger partial charge is 0.368 e. The molecule has 25 heavy (non-hydrogen) atoms. The van der Waals surface area contributed by atoms with Crippen LogP contribution in [0.5, 0.6) is 0 Å².